The molecule has 0 aliphatic carbocycles. The maximum atomic E-state index is 11.9. The number of rotatable bonds is 2. The van der Waals surface area contributed by atoms with E-state index in [1.807, 2.05) is 0 Å². The Hall–Kier alpha value is -2.76. The molecule has 0 unspecified atom stereocenters. The van der Waals surface area contributed by atoms with Crippen molar-refractivity contribution in [1.29, 1.82) is 0 Å². The van der Waals surface area contributed by atoms with E-state index in [4.69, 9.17) is 4.74 Å². The summed E-state index contributed by atoms with van der Waals surface area (Å²) in [4.78, 5) is 15.6. The van der Waals surface area contributed by atoms with Crippen molar-refractivity contribution < 1.29 is 19.8 Å². The van der Waals surface area contributed by atoms with Gasteiger partial charge in [0.05, 0.1) is 12.7 Å². The predicted molar refractivity (Wildman–Crippen MR) is 66.2 cm³/mol. The number of ether oxygens (including phenoxy) is 1. The Morgan fingerprint density at radius 2 is 2.11 bits per heavy atom. The molecule has 0 radical (unpaired) electrons. The number of methoxy groups -OCH3 is 1. The third-order valence-corrected chi connectivity index (χ3v) is 2.47. The van der Waals surface area contributed by atoms with Crippen LogP contribution < -0.4 is 10.2 Å². The number of hydrogen-bond acceptors (Lipinski definition) is 4. The quantitative estimate of drug-likeness (QED) is 0.794. The normalized spacial score (nSPS) is 11.3. The third-order valence-electron chi connectivity index (χ3n) is 2.47. The van der Waals surface area contributed by atoms with Crippen molar-refractivity contribution in [2.45, 2.75) is 0 Å². The topological polar surface area (TPSA) is 84.0 Å². The van der Waals surface area contributed by atoms with E-state index < -0.39 is 5.91 Å². The van der Waals surface area contributed by atoms with E-state index in [9.17, 15) is 15.1 Å². The van der Waals surface area contributed by atoms with Crippen LogP contribution in [-0.2, 0) is 0 Å². The highest BCUT2D eigenvalue weighted by molar-refractivity contribution is 5.97. The van der Waals surface area contributed by atoms with Gasteiger partial charge in [0.1, 0.15) is 11.5 Å². The largest absolute Gasteiger partial charge is 0.507 e. The zero-order valence-corrected chi connectivity index (χ0v) is 10.1. The fourth-order valence-corrected chi connectivity index (χ4v) is 1.50. The fourth-order valence-electron chi connectivity index (χ4n) is 1.50. The van der Waals surface area contributed by atoms with Gasteiger partial charge >= 0.3 is 0 Å². The first-order valence-electron chi connectivity index (χ1n) is 5.45. The molecule has 6 heteroatoms. The van der Waals surface area contributed by atoms with Gasteiger partial charge in [-0.2, -0.15) is 9.72 Å². The predicted octanol–water partition coefficient (Wildman–Crippen LogP) is 1.18. The minimum absolute atomic E-state index is 0.0321. The van der Waals surface area contributed by atoms with Gasteiger partial charge in [-0.1, -0.05) is 6.07 Å². The van der Waals surface area contributed by atoms with Crippen LogP contribution in [0.15, 0.2) is 47.6 Å². The molecule has 0 fully saturated rings. The smallest absolute Gasteiger partial charge is 0.282 e. The van der Waals surface area contributed by atoms with Crippen molar-refractivity contribution in [2.24, 2.45) is 4.99 Å². The molecule has 19 heavy (non-hydrogen) atoms. The molecule has 0 saturated carbocycles. The molecule has 1 amide bonds. The monoisotopic (exact) mass is 260 g/mol. The Labute approximate surface area is 108 Å². The molecule has 1 heterocycles. The summed E-state index contributed by atoms with van der Waals surface area (Å²) in [5, 5.41) is 19.2. The maximum Gasteiger partial charge on any atom is 0.282 e. The van der Waals surface area contributed by atoms with Crippen LogP contribution in [0.2, 0.25) is 0 Å². The highest BCUT2D eigenvalue weighted by atomic mass is 16.5. The molecule has 0 bridgehead atoms. The summed E-state index contributed by atoms with van der Waals surface area (Å²) in [6, 6.07) is 8.96. The first-order valence-corrected chi connectivity index (χ1v) is 5.45. The molecule has 2 rings (SSSR count). The van der Waals surface area contributed by atoms with Gasteiger partial charge in [0.25, 0.3) is 5.91 Å². The molecule has 0 spiro atoms. The number of carbonyl (C=O) groups excluding carboxylic acids is 1. The number of pyridine rings is 1. The van der Waals surface area contributed by atoms with Crippen LogP contribution in [0.4, 0.5) is 0 Å². The van der Waals surface area contributed by atoms with Gasteiger partial charge in [0, 0.05) is 12.3 Å². The standard InChI is InChI=1S/C13H12N2O4/c1-19-9-5-6-10(11(16)8-9)13(17)14-12-4-2-3-7-15(12)18/h2-8,16,18H,1H3. The number of hydrogen-bond donors (Lipinski definition) is 2. The van der Waals surface area contributed by atoms with Crippen LogP contribution in [0.1, 0.15) is 10.4 Å². The Balaban J connectivity index is 2.41. The lowest BCUT2D eigenvalue weighted by molar-refractivity contribution is 0.0985. The number of phenols is 1. The summed E-state index contributed by atoms with van der Waals surface area (Å²) >= 11 is 0. The lowest BCUT2D eigenvalue weighted by Crippen LogP contribution is -2.19. The van der Waals surface area contributed by atoms with Crippen molar-refractivity contribution in [3.8, 4) is 11.5 Å². The molecule has 0 atom stereocenters. The van der Waals surface area contributed by atoms with Gasteiger partial charge in [-0.15, -0.1) is 0 Å². The van der Waals surface area contributed by atoms with Gasteiger partial charge < -0.3 is 15.1 Å². The highest BCUT2D eigenvalue weighted by Crippen LogP contribution is 2.23. The van der Waals surface area contributed by atoms with E-state index in [-0.39, 0.29) is 16.8 Å². The van der Waals surface area contributed by atoms with Crippen LogP contribution in [0.5, 0.6) is 11.5 Å². The second kappa shape index (κ2) is 5.26. The number of phenolic OH excluding ortho intramolecular Hbond substituents is 1. The van der Waals surface area contributed by atoms with Crippen LogP contribution in [-0.4, -0.2) is 28.1 Å². The minimum atomic E-state index is -0.658. The summed E-state index contributed by atoms with van der Waals surface area (Å²) in [6.07, 6.45) is 1.35. The summed E-state index contributed by atoms with van der Waals surface area (Å²) < 4.78 is 5.64. The number of aromatic nitrogens is 1. The summed E-state index contributed by atoms with van der Waals surface area (Å²) in [6.45, 7) is 0. The number of carbonyl (C=O) groups is 1. The molecular formula is C13H12N2O4. The average molecular weight is 260 g/mol. The van der Waals surface area contributed by atoms with Crippen LogP contribution in [0, 0.1) is 0 Å². The van der Waals surface area contributed by atoms with E-state index in [0.29, 0.717) is 5.75 Å². The molecular weight excluding hydrogens is 248 g/mol. The molecule has 0 aliphatic rings. The maximum absolute atomic E-state index is 11.9. The zero-order valence-electron chi connectivity index (χ0n) is 10.1. The zero-order chi connectivity index (χ0) is 13.8. The van der Waals surface area contributed by atoms with Crippen molar-refractivity contribution in [3.05, 3.63) is 53.6 Å². The lowest BCUT2D eigenvalue weighted by atomic mass is 10.2. The summed E-state index contributed by atoms with van der Waals surface area (Å²) in [5.74, 6) is -0.450. The molecule has 1 aromatic carbocycles. The van der Waals surface area contributed by atoms with Gasteiger partial charge in [-0.05, 0) is 24.3 Å². The first kappa shape index (κ1) is 12.7. The number of aromatic hydroxyl groups is 1. The van der Waals surface area contributed by atoms with E-state index in [1.54, 1.807) is 18.2 Å². The van der Waals surface area contributed by atoms with Crippen LogP contribution in [0.25, 0.3) is 0 Å². The molecule has 2 aromatic rings. The molecule has 0 saturated heterocycles. The number of benzene rings is 1. The van der Waals surface area contributed by atoms with Gasteiger partial charge in [0.15, 0.2) is 5.49 Å². The van der Waals surface area contributed by atoms with Crippen molar-refractivity contribution in [1.82, 2.24) is 4.73 Å². The lowest BCUT2D eigenvalue weighted by Gasteiger charge is -2.03. The van der Waals surface area contributed by atoms with Gasteiger partial charge in [-0.25, -0.2) is 0 Å². The van der Waals surface area contributed by atoms with Crippen LogP contribution >= 0.6 is 0 Å². The fraction of sp³-hybridized carbons (Fsp3) is 0.0769. The van der Waals surface area contributed by atoms with Gasteiger partial charge in [-0.3, -0.25) is 4.79 Å². The number of nitrogens with zero attached hydrogens (tertiary/aromatic N) is 2. The van der Waals surface area contributed by atoms with Crippen LogP contribution in [0.3, 0.4) is 0 Å². The van der Waals surface area contributed by atoms with E-state index in [0.717, 1.165) is 4.73 Å². The Bertz CT molecular complexity index is 676. The molecule has 0 aliphatic heterocycles. The molecule has 6 nitrogen and oxygen atoms in total. The van der Waals surface area contributed by atoms with Crippen molar-refractivity contribution >= 4 is 5.91 Å². The Morgan fingerprint density at radius 3 is 2.74 bits per heavy atom. The first-order chi connectivity index (χ1) is 9.11. The van der Waals surface area contributed by atoms with Gasteiger partial charge in [0.2, 0.25) is 0 Å². The number of amides is 1. The summed E-state index contributed by atoms with van der Waals surface area (Å²) in [5.41, 5.74) is 0.104. The second-order valence-corrected chi connectivity index (χ2v) is 3.70. The molecule has 98 valence electrons. The average Bonchev–Trinajstić information content (AvgIpc) is 2.41. The van der Waals surface area contributed by atoms with E-state index in [2.05, 4.69) is 4.99 Å². The molecule has 1 aromatic heterocycles. The SMILES string of the molecule is COc1ccc(C(=O)N=c2ccccn2O)c(O)c1. The van der Waals surface area contributed by atoms with E-state index in [1.165, 1.54) is 31.5 Å². The second-order valence-electron chi connectivity index (χ2n) is 3.70. The van der Waals surface area contributed by atoms with E-state index >= 15 is 0 Å². The summed E-state index contributed by atoms with van der Waals surface area (Å²) in [7, 11) is 1.46. The Morgan fingerprint density at radius 1 is 1.32 bits per heavy atom. The third kappa shape index (κ3) is 2.74. The minimum Gasteiger partial charge on any atom is -0.507 e. The van der Waals surface area contributed by atoms with Crippen molar-refractivity contribution in [2.75, 3.05) is 7.11 Å². The Kier molecular flexibility index (Phi) is 3.51. The molecule has 2 N–H and O–H groups in total. The van der Waals surface area contributed by atoms with Crippen molar-refractivity contribution in [3.63, 3.8) is 0 Å². The highest BCUT2D eigenvalue weighted by Gasteiger charge is 2.11.